The molecule has 1 heterocycles. The van der Waals surface area contributed by atoms with E-state index in [0.29, 0.717) is 13.2 Å². The van der Waals surface area contributed by atoms with Crippen LogP contribution in [-0.2, 0) is 30.2 Å². The van der Waals surface area contributed by atoms with Crippen molar-refractivity contribution in [1.82, 2.24) is 0 Å². The summed E-state index contributed by atoms with van der Waals surface area (Å²) in [6.45, 7) is 3.19. The molecule has 144 valence electrons. The average Bonchev–Trinajstić information content (AvgIpc) is 2.63. The van der Waals surface area contributed by atoms with Crippen LogP contribution in [-0.4, -0.2) is 43.6 Å². The fourth-order valence-corrected chi connectivity index (χ4v) is 3.69. The minimum atomic E-state index is -0.440. The number of carbonyl (C=O) groups excluding carboxylic acids is 2. The van der Waals surface area contributed by atoms with E-state index in [1.165, 1.54) is 23.8 Å². The van der Waals surface area contributed by atoms with Gasteiger partial charge in [0, 0.05) is 17.3 Å². The first-order valence-corrected chi connectivity index (χ1v) is 10.2. The van der Waals surface area contributed by atoms with Gasteiger partial charge in [0.15, 0.2) is 6.29 Å². The van der Waals surface area contributed by atoms with Crippen LogP contribution in [0.25, 0.3) is 0 Å². The summed E-state index contributed by atoms with van der Waals surface area (Å²) in [6, 6.07) is 8.31. The van der Waals surface area contributed by atoms with Gasteiger partial charge in [0.25, 0.3) is 0 Å². The van der Waals surface area contributed by atoms with Gasteiger partial charge in [-0.25, -0.2) is 0 Å². The largest absolute Gasteiger partial charge is 0.465 e. The van der Waals surface area contributed by atoms with E-state index in [4.69, 9.17) is 14.2 Å². The zero-order valence-electron chi connectivity index (χ0n) is 15.4. The zero-order chi connectivity index (χ0) is 18.6. The lowest BCUT2D eigenvalue weighted by Crippen LogP contribution is -2.23. The monoisotopic (exact) mass is 380 g/mol. The van der Waals surface area contributed by atoms with Gasteiger partial charge in [0.2, 0.25) is 0 Å². The lowest BCUT2D eigenvalue weighted by atomic mass is 10.1. The number of hydrogen-bond donors (Lipinski definition) is 0. The summed E-state index contributed by atoms with van der Waals surface area (Å²) in [5, 5.41) is 0. The predicted octanol–water partition coefficient (Wildman–Crippen LogP) is 3.78. The smallest absolute Gasteiger partial charge is 0.313 e. The Morgan fingerprint density at radius 2 is 2.08 bits per heavy atom. The van der Waals surface area contributed by atoms with Crippen molar-refractivity contribution >= 4 is 23.5 Å². The third kappa shape index (κ3) is 8.34. The first-order valence-electron chi connectivity index (χ1n) is 9.24. The quantitative estimate of drug-likeness (QED) is 0.252. The summed E-state index contributed by atoms with van der Waals surface area (Å²) in [5.41, 5.74) is 1.27. The van der Waals surface area contributed by atoms with Gasteiger partial charge in [-0.1, -0.05) is 18.2 Å². The molecule has 0 bridgehead atoms. The van der Waals surface area contributed by atoms with Crippen LogP contribution in [0, 0.1) is 0 Å². The molecule has 0 saturated carbocycles. The van der Waals surface area contributed by atoms with Crippen molar-refractivity contribution in [3.8, 4) is 0 Å². The lowest BCUT2D eigenvalue weighted by molar-refractivity contribution is -0.161. The van der Waals surface area contributed by atoms with Crippen molar-refractivity contribution in [3.63, 3.8) is 0 Å². The molecule has 0 amide bonds. The topological polar surface area (TPSA) is 61.8 Å². The number of thioether (sulfide) groups is 1. The fraction of sp³-hybridized carbons (Fsp3) is 0.600. The first-order chi connectivity index (χ1) is 12.6. The summed E-state index contributed by atoms with van der Waals surface area (Å²) >= 11 is 1.75. The van der Waals surface area contributed by atoms with Crippen molar-refractivity contribution in [2.45, 2.75) is 56.6 Å². The highest BCUT2D eigenvalue weighted by molar-refractivity contribution is 7.99. The number of carbonyl (C=O) groups is 2. The minimum Gasteiger partial charge on any atom is -0.465 e. The van der Waals surface area contributed by atoms with E-state index in [2.05, 4.69) is 12.1 Å². The molecule has 0 spiro atoms. The Bertz CT molecular complexity index is 569. The second-order valence-electron chi connectivity index (χ2n) is 6.33. The first kappa shape index (κ1) is 20.9. The molecule has 1 unspecified atom stereocenters. The molecule has 1 aromatic carbocycles. The molecule has 26 heavy (non-hydrogen) atoms. The predicted molar refractivity (Wildman–Crippen MR) is 101 cm³/mol. The molecule has 0 aliphatic carbocycles. The van der Waals surface area contributed by atoms with Gasteiger partial charge in [-0.05, 0) is 50.7 Å². The van der Waals surface area contributed by atoms with Crippen molar-refractivity contribution < 1.29 is 23.8 Å². The Hall–Kier alpha value is -1.37. The van der Waals surface area contributed by atoms with Gasteiger partial charge in [-0.3, -0.25) is 9.59 Å². The summed E-state index contributed by atoms with van der Waals surface area (Å²) in [7, 11) is 0. The summed E-state index contributed by atoms with van der Waals surface area (Å²) in [4.78, 5) is 23.4. The molecular weight excluding hydrogens is 352 g/mol. The molecule has 0 aromatic heterocycles. The molecule has 0 radical (unpaired) electrons. The van der Waals surface area contributed by atoms with E-state index in [0.717, 1.165) is 38.0 Å². The lowest BCUT2D eigenvalue weighted by Gasteiger charge is -2.22. The number of ketones is 1. The SMILES string of the molecule is CC(=O)CC(=O)OCCCSc1ccccc1CCOC1CCCCO1. The van der Waals surface area contributed by atoms with Gasteiger partial charge in [0.1, 0.15) is 12.2 Å². The van der Waals surface area contributed by atoms with Crippen LogP contribution < -0.4 is 0 Å². The van der Waals surface area contributed by atoms with Crippen LogP contribution in [0.1, 0.15) is 44.6 Å². The van der Waals surface area contributed by atoms with Gasteiger partial charge < -0.3 is 14.2 Å². The average molecular weight is 381 g/mol. The third-order valence-corrected chi connectivity index (χ3v) is 5.19. The van der Waals surface area contributed by atoms with Crippen LogP contribution in [0.15, 0.2) is 29.2 Å². The van der Waals surface area contributed by atoms with Crippen LogP contribution in [0.2, 0.25) is 0 Å². The van der Waals surface area contributed by atoms with E-state index in [1.54, 1.807) is 11.8 Å². The van der Waals surface area contributed by atoms with E-state index in [1.807, 2.05) is 12.1 Å². The molecule has 1 fully saturated rings. The third-order valence-electron chi connectivity index (χ3n) is 3.99. The molecule has 0 N–H and O–H groups in total. The normalized spacial score (nSPS) is 17.0. The second-order valence-corrected chi connectivity index (χ2v) is 7.46. The van der Waals surface area contributed by atoms with E-state index >= 15 is 0 Å². The van der Waals surface area contributed by atoms with E-state index in [9.17, 15) is 9.59 Å². The van der Waals surface area contributed by atoms with Crippen molar-refractivity contribution in [1.29, 1.82) is 0 Å². The summed E-state index contributed by atoms with van der Waals surface area (Å²) < 4.78 is 16.5. The maximum Gasteiger partial charge on any atom is 0.313 e. The van der Waals surface area contributed by atoms with Crippen LogP contribution in [0.3, 0.4) is 0 Å². The van der Waals surface area contributed by atoms with Crippen molar-refractivity contribution in [3.05, 3.63) is 29.8 Å². The molecule has 1 aliphatic heterocycles. The van der Waals surface area contributed by atoms with Gasteiger partial charge in [-0.15, -0.1) is 11.8 Å². The van der Waals surface area contributed by atoms with Crippen LogP contribution in [0.5, 0.6) is 0 Å². The highest BCUT2D eigenvalue weighted by Gasteiger charge is 2.14. The number of ether oxygens (including phenoxy) is 3. The maximum atomic E-state index is 11.3. The summed E-state index contributed by atoms with van der Waals surface area (Å²) in [6.07, 6.45) is 4.72. The molecule has 2 rings (SSSR count). The molecule has 1 aromatic rings. The number of hydrogen-bond acceptors (Lipinski definition) is 6. The Morgan fingerprint density at radius 1 is 1.23 bits per heavy atom. The Balaban J connectivity index is 1.65. The number of esters is 1. The Morgan fingerprint density at radius 3 is 2.85 bits per heavy atom. The molecule has 1 aliphatic rings. The van der Waals surface area contributed by atoms with Crippen molar-refractivity contribution in [2.24, 2.45) is 0 Å². The molecule has 6 heteroatoms. The second kappa shape index (κ2) is 12.1. The highest BCUT2D eigenvalue weighted by atomic mass is 32.2. The van der Waals surface area contributed by atoms with E-state index in [-0.39, 0.29) is 18.5 Å². The number of rotatable bonds is 11. The minimum absolute atomic E-state index is 0.0479. The Labute approximate surface area is 159 Å². The molecular formula is C20H28O5S. The van der Waals surface area contributed by atoms with Crippen molar-refractivity contribution in [2.75, 3.05) is 25.6 Å². The molecule has 1 atom stereocenters. The molecule has 5 nitrogen and oxygen atoms in total. The van der Waals surface area contributed by atoms with Gasteiger partial charge >= 0.3 is 5.97 Å². The van der Waals surface area contributed by atoms with Gasteiger partial charge in [0.05, 0.1) is 13.2 Å². The fourth-order valence-electron chi connectivity index (χ4n) is 2.68. The number of Topliss-reactive ketones (excluding diaryl/α,β-unsaturated/α-hetero) is 1. The van der Waals surface area contributed by atoms with E-state index < -0.39 is 5.97 Å². The standard InChI is InChI=1S/C20H28O5S/c1-16(21)15-19(22)23-12-6-14-26-18-8-3-2-7-17(18)10-13-25-20-9-4-5-11-24-20/h2-3,7-8,20H,4-6,9-15H2,1H3. The van der Waals surface area contributed by atoms with Gasteiger partial charge in [-0.2, -0.15) is 0 Å². The Kier molecular flexibility index (Phi) is 9.74. The van der Waals surface area contributed by atoms with Crippen LogP contribution in [0.4, 0.5) is 0 Å². The number of benzene rings is 1. The van der Waals surface area contributed by atoms with Crippen LogP contribution >= 0.6 is 11.8 Å². The maximum absolute atomic E-state index is 11.3. The highest BCUT2D eigenvalue weighted by Crippen LogP contribution is 2.24. The zero-order valence-corrected chi connectivity index (χ0v) is 16.2. The molecule has 1 saturated heterocycles. The summed E-state index contributed by atoms with van der Waals surface area (Å²) in [5.74, 6) is 0.251.